The average Bonchev–Trinajstić information content (AvgIpc) is 2.60. The third-order valence-corrected chi connectivity index (χ3v) is 5.38. The summed E-state index contributed by atoms with van der Waals surface area (Å²) in [7, 11) is -1.81. The molecule has 2 aromatic carbocycles. The first-order valence-corrected chi connectivity index (χ1v) is 10.1. The highest BCUT2D eigenvalue weighted by atomic mass is 32.2. The molecule has 3 N–H and O–H groups in total. The van der Waals surface area contributed by atoms with Gasteiger partial charge in [0.15, 0.2) is 9.84 Å². The summed E-state index contributed by atoms with van der Waals surface area (Å²) in [5, 5.41) is 2.75. The number of methoxy groups -OCH3 is 1. The number of amides is 1. The number of anilines is 1. The van der Waals surface area contributed by atoms with E-state index in [1.54, 1.807) is 36.4 Å². The van der Waals surface area contributed by atoms with Crippen LogP contribution in [0.25, 0.3) is 0 Å². The number of nitrogens with one attached hydrogen (secondary N) is 1. The second-order valence-electron chi connectivity index (χ2n) is 6.06. The molecule has 1 atom stereocenters. The molecule has 0 aromatic heterocycles. The van der Waals surface area contributed by atoms with E-state index in [9.17, 15) is 13.2 Å². The van der Waals surface area contributed by atoms with Crippen LogP contribution in [0.1, 0.15) is 17.5 Å². The minimum absolute atomic E-state index is 0.0174. The molecule has 0 aliphatic rings. The zero-order valence-corrected chi connectivity index (χ0v) is 15.5. The third kappa shape index (κ3) is 6.59. The predicted molar refractivity (Wildman–Crippen MR) is 102 cm³/mol. The lowest BCUT2D eigenvalue weighted by molar-refractivity contribution is -0.118. The van der Waals surface area contributed by atoms with Gasteiger partial charge in [-0.05, 0) is 23.3 Å². The number of sulfone groups is 1. The van der Waals surface area contributed by atoms with E-state index in [1.807, 2.05) is 18.2 Å². The summed E-state index contributed by atoms with van der Waals surface area (Å²) >= 11 is 0. The van der Waals surface area contributed by atoms with Gasteiger partial charge in [-0.2, -0.15) is 0 Å². The zero-order valence-electron chi connectivity index (χ0n) is 14.7. The lowest BCUT2D eigenvalue weighted by Gasteiger charge is -2.13. The Bertz CT molecular complexity index is 818. The molecular weight excluding hydrogens is 352 g/mol. The van der Waals surface area contributed by atoms with E-state index in [1.165, 1.54) is 7.11 Å². The van der Waals surface area contributed by atoms with E-state index in [2.05, 4.69) is 5.32 Å². The van der Waals surface area contributed by atoms with Gasteiger partial charge in [0.2, 0.25) is 5.91 Å². The molecule has 6 nitrogen and oxygen atoms in total. The van der Waals surface area contributed by atoms with Crippen molar-refractivity contribution in [3.8, 4) is 0 Å². The van der Waals surface area contributed by atoms with Crippen LogP contribution in [0.2, 0.25) is 0 Å². The normalized spacial score (nSPS) is 12.5. The van der Waals surface area contributed by atoms with Gasteiger partial charge in [-0.1, -0.05) is 42.5 Å². The number of benzene rings is 2. The Morgan fingerprint density at radius 3 is 2.38 bits per heavy atom. The standard InChI is InChI=1S/C19H24N2O4S/c1-25-18(12-20)11-19(22)21-17-9-5-8-16(10-17)14-26(23,24)13-15-6-3-2-4-7-15/h2-10,18H,11-14,20H2,1H3,(H,21,22). The second-order valence-corrected chi connectivity index (χ2v) is 8.13. The number of nitrogens with two attached hydrogens (primary N) is 1. The molecule has 1 unspecified atom stereocenters. The van der Waals surface area contributed by atoms with Crippen LogP contribution >= 0.6 is 0 Å². The Morgan fingerprint density at radius 1 is 1.08 bits per heavy atom. The molecule has 0 aliphatic carbocycles. The SMILES string of the molecule is COC(CN)CC(=O)Nc1cccc(CS(=O)(=O)Cc2ccccc2)c1. The molecule has 0 bridgehead atoms. The largest absolute Gasteiger partial charge is 0.380 e. The monoisotopic (exact) mass is 376 g/mol. The number of hydrogen-bond donors (Lipinski definition) is 2. The highest BCUT2D eigenvalue weighted by Crippen LogP contribution is 2.16. The van der Waals surface area contributed by atoms with Crippen LogP contribution in [0.4, 0.5) is 5.69 Å². The van der Waals surface area contributed by atoms with Crippen LogP contribution in [-0.2, 0) is 30.9 Å². The molecule has 0 spiro atoms. The van der Waals surface area contributed by atoms with Crippen molar-refractivity contribution in [3.05, 3.63) is 65.7 Å². The topological polar surface area (TPSA) is 98.5 Å². The molecule has 0 heterocycles. The summed E-state index contributed by atoms with van der Waals surface area (Å²) in [6.07, 6.45) is -0.201. The fourth-order valence-electron chi connectivity index (χ4n) is 2.55. The van der Waals surface area contributed by atoms with Crippen molar-refractivity contribution in [2.45, 2.75) is 24.0 Å². The van der Waals surface area contributed by atoms with Gasteiger partial charge in [-0.3, -0.25) is 4.79 Å². The van der Waals surface area contributed by atoms with Gasteiger partial charge in [0.1, 0.15) is 0 Å². The molecule has 1 amide bonds. The van der Waals surface area contributed by atoms with Gasteiger partial charge in [-0.15, -0.1) is 0 Å². The molecule has 26 heavy (non-hydrogen) atoms. The van der Waals surface area contributed by atoms with Crippen molar-refractivity contribution in [2.24, 2.45) is 5.73 Å². The lowest BCUT2D eigenvalue weighted by Crippen LogP contribution is -2.28. The second kappa shape index (κ2) is 9.47. The van der Waals surface area contributed by atoms with Crippen LogP contribution in [-0.4, -0.2) is 34.1 Å². The van der Waals surface area contributed by atoms with E-state index < -0.39 is 9.84 Å². The van der Waals surface area contributed by atoms with Crippen molar-refractivity contribution in [2.75, 3.05) is 19.0 Å². The maximum absolute atomic E-state index is 12.4. The minimum atomic E-state index is -3.31. The highest BCUT2D eigenvalue weighted by molar-refractivity contribution is 7.89. The van der Waals surface area contributed by atoms with Crippen molar-refractivity contribution in [3.63, 3.8) is 0 Å². The lowest BCUT2D eigenvalue weighted by atomic mass is 10.2. The van der Waals surface area contributed by atoms with E-state index in [-0.39, 0.29) is 36.5 Å². The highest BCUT2D eigenvalue weighted by Gasteiger charge is 2.15. The fraction of sp³-hybridized carbons (Fsp3) is 0.316. The van der Waals surface area contributed by atoms with Crippen molar-refractivity contribution >= 4 is 21.4 Å². The van der Waals surface area contributed by atoms with Crippen LogP contribution in [0.15, 0.2) is 54.6 Å². The fourth-order valence-corrected chi connectivity index (χ4v) is 4.04. The summed E-state index contributed by atoms with van der Waals surface area (Å²) in [6.45, 7) is 0.252. The molecule has 140 valence electrons. The first kappa shape index (κ1) is 20.1. The number of carbonyl (C=O) groups excluding carboxylic acids is 1. The van der Waals surface area contributed by atoms with Gasteiger partial charge in [-0.25, -0.2) is 8.42 Å². The van der Waals surface area contributed by atoms with Crippen LogP contribution < -0.4 is 11.1 Å². The van der Waals surface area contributed by atoms with Gasteiger partial charge < -0.3 is 15.8 Å². The van der Waals surface area contributed by atoms with Gasteiger partial charge in [0, 0.05) is 19.3 Å². The number of hydrogen-bond acceptors (Lipinski definition) is 5. The van der Waals surface area contributed by atoms with Crippen molar-refractivity contribution in [1.29, 1.82) is 0 Å². The van der Waals surface area contributed by atoms with Gasteiger partial charge in [0.25, 0.3) is 0 Å². The van der Waals surface area contributed by atoms with Crippen LogP contribution in [0.3, 0.4) is 0 Å². The third-order valence-electron chi connectivity index (χ3n) is 3.84. The summed E-state index contributed by atoms with van der Waals surface area (Å²) in [5.41, 5.74) is 7.44. The molecule has 0 aliphatic heterocycles. The van der Waals surface area contributed by atoms with Crippen LogP contribution in [0, 0.1) is 0 Å². The zero-order chi connectivity index (χ0) is 19.0. The number of carbonyl (C=O) groups is 1. The maximum Gasteiger partial charge on any atom is 0.227 e. The number of ether oxygens (including phenoxy) is 1. The maximum atomic E-state index is 12.4. The number of rotatable bonds is 9. The Hall–Kier alpha value is -2.22. The molecule has 7 heteroatoms. The summed E-state index contributed by atoms with van der Waals surface area (Å²) in [6, 6.07) is 15.9. The first-order chi connectivity index (χ1) is 12.4. The summed E-state index contributed by atoms with van der Waals surface area (Å²) < 4.78 is 29.9. The summed E-state index contributed by atoms with van der Waals surface area (Å²) in [5.74, 6) is -0.336. The minimum Gasteiger partial charge on any atom is -0.380 e. The summed E-state index contributed by atoms with van der Waals surface area (Å²) in [4.78, 5) is 12.0. The predicted octanol–water partition coefficient (Wildman–Crippen LogP) is 2.10. The molecule has 0 radical (unpaired) electrons. The van der Waals surface area contributed by atoms with E-state index in [0.29, 0.717) is 11.3 Å². The first-order valence-electron chi connectivity index (χ1n) is 8.28. The molecule has 2 rings (SSSR count). The molecule has 2 aromatic rings. The van der Waals surface area contributed by atoms with E-state index >= 15 is 0 Å². The smallest absolute Gasteiger partial charge is 0.227 e. The Kier molecular flexibility index (Phi) is 7.32. The Labute approximate surface area is 154 Å². The quantitative estimate of drug-likeness (QED) is 0.698. The average molecular weight is 376 g/mol. The Balaban J connectivity index is 2.01. The van der Waals surface area contributed by atoms with Crippen molar-refractivity contribution < 1.29 is 17.9 Å². The van der Waals surface area contributed by atoms with E-state index in [4.69, 9.17) is 10.5 Å². The van der Waals surface area contributed by atoms with Gasteiger partial charge in [0.05, 0.1) is 24.0 Å². The van der Waals surface area contributed by atoms with Gasteiger partial charge >= 0.3 is 0 Å². The molecular formula is C19H24N2O4S. The van der Waals surface area contributed by atoms with Crippen LogP contribution in [0.5, 0.6) is 0 Å². The van der Waals surface area contributed by atoms with E-state index in [0.717, 1.165) is 5.56 Å². The Morgan fingerprint density at radius 2 is 1.73 bits per heavy atom. The molecule has 0 saturated heterocycles. The molecule has 0 saturated carbocycles. The molecule has 0 fully saturated rings. The van der Waals surface area contributed by atoms with Crippen molar-refractivity contribution in [1.82, 2.24) is 0 Å².